The van der Waals surface area contributed by atoms with Crippen LogP contribution in [0.15, 0.2) is 23.0 Å². The van der Waals surface area contributed by atoms with Crippen LogP contribution >= 0.6 is 23.2 Å². The summed E-state index contributed by atoms with van der Waals surface area (Å²) in [5, 5.41) is 9.11. The standard InChI is InChI=1S/C21H24Cl2N6O2/c1-2-3-9-17(30)28-10-5-6-13(11-28)19-24-20-18(21(31)25-19)26-27-29(20)12-14-15(22)7-4-8-16(14)23/h4,7-8,13H,2-3,5-6,9-12H2,1H3,(H,24,25,31)/t13-/m0/s1. The largest absolute Gasteiger partial charge is 0.342 e. The van der Waals surface area contributed by atoms with Crippen molar-refractivity contribution in [3.05, 3.63) is 50.0 Å². The van der Waals surface area contributed by atoms with Crippen LogP contribution in [0, 0.1) is 0 Å². The first-order chi connectivity index (χ1) is 15.0. The topological polar surface area (TPSA) is 96.8 Å². The van der Waals surface area contributed by atoms with E-state index in [1.807, 2.05) is 4.90 Å². The molecule has 1 aromatic carbocycles. The maximum atomic E-state index is 12.7. The molecule has 1 atom stereocenters. The van der Waals surface area contributed by atoms with Crippen molar-refractivity contribution in [3.63, 3.8) is 0 Å². The number of carbonyl (C=O) groups excluding carboxylic acids is 1. The molecule has 1 N–H and O–H groups in total. The van der Waals surface area contributed by atoms with Crippen molar-refractivity contribution in [2.24, 2.45) is 0 Å². The van der Waals surface area contributed by atoms with Gasteiger partial charge >= 0.3 is 0 Å². The van der Waals surface area contributed by atoms with E-state index in [2.05, 4.69) is 27.2 Å². The lowest BCUT2D eigenvalue weighted by Crippen LogP contribution is -2.39. The molecule has 1 saturated heterocycles. The Bertz CT molecular complexity index is 1140. The summed E-state index contributed by atoms with van der Waals surface area (Å²) in [7, 11) is 0. The fraction of sp³-hybridized carbons (Fsp3) is 0.476. The zero-order chi connectivity index (χ0) is 22.0. The molecule has 10 heteroatoms. The molecule has 3 aromatic rings. The Hall–Kier alpha value is -2.45. The average molecular weight is 463 g/mol. The van der Waals surface area contributed by atoms with Crippen LogP contribution < -0.4 is 5.56 Å². The molecular formula is C21H24Cl2N6O2. The summed E-state index contributed by atoms with van der Waals surface area (Å²) < 4.78 is 1.54. The number of likely N-dealkylation sites (tertiary alicyclic amines) is 1. The maximum absolute atomic E-state index is 12.7. The fourth-order valence-electron chi connectivity index (χ4n) is 3.93. The third kappa shape index (κ3) is 4.60. The summed E-state index contributed by atoms with van der Waals surface area (Å²) in [6, 6.07) is 5.27. The number of benzene rings is 1. The van der Waals surface area contributed by atoms with E-state index in [-0.39, 0.29) is 29.4 Å². The summed E-state index contributed by atoms with van der Waals surface area (Å²) in [6.07, 6.45) is 4.15. The van der Waals surface area contributed by atoms with Crippen LogP contribution in [0.5, 0.6) is 0 Å². The van der Waals surface area contributed by atoms with Crippen molar-refractivity contribution in [3.8, 4) is 0 Å². The molecule has 0 radical (unpaired) electrons. The lowest BCUT2D eigenvalue weighted by Gasteiger charge is -2.32. The number of amides is 1. The number of carbonyl (C=O) groups is 1. The van der Waals surface area contributed by atoms with E-state index >= 15 is 0 Å². The summed E-state index contributed by atoms with van der Waals surface area (Å²) in [5.41, 5.74) is 0.889. The van der Waals surface area contributed by atoms with Gasteiger partial charge in [0.05, 0.1) is 6.54 Å². The number of rotatable bonds is 6. The van der Waals surface area contributed by atoms with Gasteiger partial charge in [-0.25, -0.2) is 9.67 Å². The van der Waals surface area contributed by atoms with Crippen LogP contribution in [-0.2, 0) is 11.3 Å². The maximum Gasteiger partial charge on any atom is 0.281 e. The number of aromatic nitrogens is 5. The number of hydrogen-bond donors (Lipinski definition) is 1. The smallest absolute Gasteiger partial charge is 0.281 e. The number of halogens is 2. The first-order valence-corrected chi connectivity index (χ1v) is 11.3. The van der Waals surface area contributed by atoms with Crippen LogP contribution in [0.1, 0.15) is 56.3 Å². The van der Waals surface area contributed by atoms with E-state index in [9.17, 15) is 9.59 Å². The second-order valence-electron chi connectivity index (χ2n) is 7.85. The number of piperidine rings is 1. The van der Waals surface area contributed by atoms with Gasteiger partial charge in [0.1, 0.15) is 5.82 Å². The molecule has 1 aliphatic rings. The van der Waals surface area contributed by atoms with E-state index in [4.69, 9.17) is 23.2 Å². The molecule has 0 aliphatic carbocycles. The third-order valence-corrected chi connectivity index (χ3v) is 6.37. The second kappa shape index (κ2) is 9.36. The Balaban J connectivity index is 1.63. The van der Waals surface area contributed by atoms with Crippen LogP contribution in [-0.4, -0.2) is 48.9 Å². The molecular weight excluding hydrogens is 439 g/mol. The number of aromatic amines is 1. The molecule has 3 heterocycles. The first-order valence-electron chi connectivity index (χ1n) is 10.5. The zero-order valence-electron chi connectivity index (χ0n) is 17.3. The van der Waals surface area contributed by atoms with Gasteiger partial charge in [0.2, 0.25) is 5.91 Å². The highest BCUT2D eigenvalue weighted by molar-refractivity contribution is 6.36. The lowest BCUT2D eigenvalue weighted by molar-refractivity contribution is -0.132. The zero-order valence-corrected chi connectivity index (χ0v) is 18.8. The highest BCUT2D eigenvalue weighted by atomic mass is 35.5. The Morgan fingerprint density at radius 2 is 2.06 bits per heavy atom. The Kier molecular flexibility index (Phi) is 6.57. The van der Waals surface area contributed by atoms with Gasteiger partial charge in [-0.1, -0.05) is 47.8 Å². The van der Waals surface area contributed by atoms with Crippen molar-refractivity contribution in [1.29, 1.82) is 0 Å². The molecule has 31 heavy (non-hydrogen) atoms. The van der Waals surface area contributed by atoms with Gasteiger partial charge in [0.25, 0.3) is 5.56 Å². The number of unbranched alkanes of at least 4 members (excludes halogenated alkanes) is 1. The molecule has 4 rings (SSSR count). The predicted octanol–water partition coefficient (Wildman–Crippen LogP) is 3.77. The number of fused-ring (bicyclic) bond motifs is 1. The Morgan fingerprint density at radius 3 is 2.81 bits per heavy atom. The molecule has 0 saturated carbocycles. The van der Waals surface area contributed by atoms with Crippen molar-refractivity contribution < 1.29 is 4.79 Å². The molecule has 0 unspecified atom stereocenters. The highest BCUT2D eigenvalue weighted by Gasteiger charge is 2.27. The van der Waals surface area contributed by atoms with Crippen molar-refractivity contribution in [1.82, 2.24) is 29.9 Å². The van der Waals surface area contributed by atoms with Crippen LogP contribution in [0.25, 0.3) is 11.2 Å². The van der Waals surface area contributed by atoms with E-state index in [0.717, 1.165) is 32.2 Å². The molecule has 0 bridgehead atoms. The van der Waals surface area contributed by atoms with Crippen LogP contribution in [0.3, 0.4) is 0 Å². The predicted molar refractivity (Wildman–Crippen MR) is 120 cm³/mol. The van der Waals surface area contributed by atoms with Gasteiger partial charge < -0.3 is 9.88 Å². The van der Waals surface area contributed by atoms with Crippen molar-refractivity contribution in [2.45, 2.75) is 51.5 Å². The number of hydrogen-bond acceptors (Lipinski definition) is 5. The van der Waals surface area contributed by atoms with E-state index in [0.29, 0.717) is 40.0 Å². The number of nitrogens with one attached hydrogen (secondary N) is 1. The normalized spacial score (nSPS) is 16.7. The van der Waals surface area contributed by atoms with E-state index in [1.165, 1.54) is 4.68 Å². The fourth-order valence-corrected chi connectivity index (χ4v) is 4.45. The minimum Gasteiger partial charge on any atom is -0.342 e. The van der Waals surface area contributed by atoms with Gasteiger partial charge in [-0.2, -0.15) is 0 Å². The molecule has 1 fully saturated rings. The van der Waals surface area contributed by atoms with Crippen molar-refractivity contribution >= 4 is 40.3 Å². The minimum absolute atomic E-state index is 0.0383. The second-order valence-corrected chi connectivity index (χ2v) is 8.67. The number of H-pyrrole nitrogens is 1. The first kappa shape index (κ1) is 21.8. The number of nitrogens with zero attached hydrogens (tertiary/aromatic N) is 5. The van der Waals surface area contributed by atoms with Crippen molar-refractivity contribution in [2.75, 3.05) is 13.1 Å². The SMILES string of the molecule is CCCCC(=O)N1CCC[C@H](c2nc3c(nnn3Cc3c(Cl)cccc3Cl)c(=O)[nH]2)C1. The minimum atomic E-state index is -0.342. The highest BCUT2D eigenvalue weighted by Crippen LogP contribution is 2.27. The monoisotopic (exact) mass is 462 g/mol. The van der Waals surface area contributed by atoms with Crippen LogP contribution in [0.2, 0.25) is 10.0 Å². The molecule has 2 aromatic heterocycles. The third-order valence-electron chi connectivity index (χ3n) is 5.67. The quantitative estimate of drug-likeness (QED) is 0.601. The van der Waals surface area contributed by atoms with Gasteiger partial charge in [-0.15, -0.1) is 5.10 Å². The Labute approximate surface area is 189 Å². The van der Waals surface area contributed by atoms with Gasteiger partial charge in [-0.3, -0.25) is 9.59 Å². The van der Waals surface area contributed by atoms with Gasteiger partial charge in [0, 0.05) is 41.0 Å². The van der Waals surface area contributed by atoms with E-state index < -0.39 is 0 Å². The molecule has 0 spiro atoms. The van der Waals surface area contributed by atoms with E-state index in [1.54, 1.807) is 18.2 Å². The van der Waals surface area contributed by atoms with Gasteiger partial charge in [0.15, 0.2) is 11.2 Å². The summed E-state index contributed by atoms with van der Waals surface area (Å²) in [4.78, 5) is 34.6. The Morgan fingerprint density at radius 1 is 1.29 bits per heavy atom. The summed E-state index contributed by atoms with van der Waals surface area (Å²) >= 11 is 12.6. The molecule has 8 nitrogen and oxygen atoms in total. The average Bonchev–Trinajstić information content (AvgIpc) is 3.18. The molecule has 164 valence electrons. The molecule has 1 aliphatic heterocycles. The summed E-state index contributed by atoms with van der Waals surface area (Å²) in [5.74, 6) is 0.679. The summed E-state index contributed by atoms with van der Waals surface area (Å²) in [6.45, 7) is 3.62. The lowest BCUT2D eigenvalue weighted by atomic mass is 9.96. The molecule has 1 amide bonds. The van der Waals surface area contributed by atoms with Crippen LogP contribution in [0.4, 0.5) is 0 Å². The van der Waals surface area contributed by atoms with Gasteiger partial charge in [-0.05, 0) is 31.4 Å².